The number of hydrogen-bond acceptors (Lipinski definition) is 7. The van der Waals surface area contributed by atoms with Gasteiger partial charge in [-0.2, -0.15) is 0 Å². The van der Waals surface area contributed by atoms with Crippen LogP contribution in [0.15, 0.2) is 46.5 Å². The number of primary sulfonamides is 1. The summed E-state index contributed by atoms with van der Waals surface area (Å²) in [4.78, 5) is 4.49. The molecule has 2 aromatic heterocycles. The smallest absolute Gasteiger partial charge is 0.268 e. The summed E-state index contributed by atoms with van der Waals surface area (Å²) in [6, 6.07) is 6.02. The van der Waals surface area contributed by atoms with E-state index in [4.69, 9.17) is 14.6 Å². The van der Waals surface area contributed by atoms with Crippen LogP contribution >= 0.6 is 0 Å². The Hall–Kier alpha value is -2.31. The second kappa shape index (κ2) is 8.67. The topological polar surface area (TPSA) is 131 Å². The van der Waals surface area contributed by atoms with Gasteiger partial charge in [0.15, 0.2) is 0 Å². The van der Waals surface area contributed by atoms with E-state index >= 15 is 0 Å². The first-order chi connectivity index (χ1) is 16.5. The van der Waals surface area contributed by atoms with Gasteiger partial charge in [0.2, 0.25) is 10.0 Å². The lowest BCUT2D eigenvalue weighted by Crippen LogP contribution is -2.45. The van der Waals surface area contributed by atoms with Crippen LogP contribution in [0.3, 0.4) is 0 Å². The van der Waals surface area contributed by atoms with Gasteiger partial charge in [0.25, 0.3) is 10.0 Å². The van der Waals surface area contributed by atoms with Crippen molar-refractivity contribution in [3.05, 3.63) is 53.3 Å². The van der Waals surface area contributed by atoms with E-state index in [0.29, 0.717) is 42.0 Å². The zero-order valence-electron chi connectivity index (χ0n) is 19.7. The van der Waals surface area contributed by atoms with Crippen molar-refractivity contribution in [2.75, 3.05) is 19.8 Å². The molecule has 35 heavy (non-hydrogen) atoms. The van der Waals surface area contributed by atoms with Crippen molar-refractivity contribution in [2.45, 2.75) is 60.8 Å². The third kappa shape index (κ3) is 4.19. The quantitative estimate of drug-likeness (QED) is 0.561. The molecule has 0 radical (unpaired) electrons. The molecule has 5 rings (SSSR count). The van der Waals surface area contributed by atoms with Gasteiger partial charge in [0, 0.05) is 18.0 Å². The number of fused-ring (bicyclic) bond motifs is 1. The molecule has 0 unspecified atom stereocenters. The molecule has 9 nitrogen and oxygen atoms in total. The van der Waals surface area contributed by atoms with Gasteiger partial charge in [-0.3, -0.25) is 4.98 Å². The highest BCUT2D eigenvalue weighted by Crippen LogP contribution is 2.43. The third-order valence-corrected chi connectivity index (χ3v) is 10.3. The van der Waals surface area contributed by atoms with E-state index in [1.807, 2.05) is 0 Å². The van der Waals surface area contributed by atoms with Crippen LogP contribution < -0.4 is 5.14 Å². The normalized spacial score (nSPS) is 23.7. The van der Waals surface area contributed by atoms with Crippen LogP contribution in [0, 0.1) is 13.8 Å². The lowest BCUT2D eigenvalue weighted by Gasteiger charge is -2.42. The van der Waals surface area contributed by atoms with Crippen molar-refractivity contribution < 1.29 is 26.3 Å². The van der Waals surface area contributed by atoms with Crippen LogP contribution in [0.2, 0.25) is 0 Å². The number of sulfonamides is 1. The lowest BCUT2D eigenvalue weighted by atomic mass is 9.76. The number of rotatable bonds is 4. The van der Waals surface area contributed by atoms with Crippen LogP contribution in [-0.4, -0.2) is 51.2 Å². The second-order valence-corrected chi connectivity index (χ2v) is 12.8. The number of pyridine rings is 1. The molecule has 2 N–H and O–H groups in total. The summed E-state index contributed by atoms with van der Waals surface area (Å²) in [6.07, 6.45) is 6.73. The molecule has 1 spiro atoms. The number of hydrogen-bond donors (Lipinski definition) is 1. The van der Waals surface area contributed by atoms with E-state index in [-0.39, 0.29) is 21.3 Å². The predicted molar refractivity (Wildman–Crippen MR) is 130 cm³/mol. The van der Waals surface area contributed by atoms with Crippen molar-refractivity contribution in [1.82, 2.24) is 8.96 Å². The molecule has 188 valence electrons. The Labute approximate surface area is 205 Å². The maximum atomic E-state index is 13.8. The van der Waals surface area contributed by atoms with Gasteiger partial charge in [-0.1, -0.05) is 0 Å². The van der Waals surface area contributed by atoms with Gasteiger partial charge in [-0.25, -0.2) is 25.9 Å². The van der Waals surface area contributed by atoms with E-state index in [2.05, 4.69) is 4.98 Å². The van der Waals surface area contributed by atoms with Crippen molar-refractivity contribution in [3.8, 4) is 0 Å². The summed E-state index contributed by atoms with van der Waals surface area (Å²) >= 11 is 0. The van der Waals surface area contributed by atoms with Crippen molar-refractivity contribution in [1.29, 1.82) is 0 Å². The molecule has 11 heteroatoms. The minimum Gasteiger partial charge on any atom is -0.376 e. The van der Waals surface area contributed by atoms with Gasteiger partial charge < -0.3 is 9.47 Å². The highest BCUT2D eigenvalue weighted by molar-refractivity contribution is 7.90. The Kier molecular flexibility index (Phi) is 6.04. The molecule has 0 atom stereocenters. The summed E-state index contributed by atoms with van der Waals surface area (Å²) in [5.41, 5.74) is 2.47. The number of benzene rings is 1. The van der Waals surface area contributed by atoms with Gasteiger partial charge in [0.05, 0.1) is 46.2 Å². The highest BCUT2D eigenvalue weighted by atomic mass is 32.2. The van der Waals surface area contributed by atoms with Gasteiger partial charge in [-0.15, -0.1) is 0 Å². The molecule has 1 aromatic carbocycles. The third-order valence-electron chi connectivity index (χ3n) is 7.42. The summed E-state index contributed by atoms with van der Waals surface area (Å²) in [7, 11) is -8.00. The SMILES string of the molecule is Cc1c(S(N)(=O)=O)ccc(S(=O)(=O)n2cc(C3CCC4(CC3)COCCO4)c3ncccc32)c1C. The van der Waals surface area contributed by atoms with Crippen molar-refractivity contribution in [3.63, 3.8) is 0 Å². The number of nitrogens with two attached hydrogens (primary N) is 1. The first-order valence-electron chi connectivity index (χ1n) is 11.6. The van der Waals surface area contributed by atoms with Gasteiger partial charge in [0.1, 0.15) is 0 Å². The molecular formula is C24H29N3O6S2. The van der Waals surface area contributed by atoms with Gasteiger partial charge in [-0.05, 0) is 80.8 Å². The van der Waals surface area contributed by atoms with Crippen LogP contribution in [0.4, 0.5) is 0 Å². The standard InChI is InChI=1S/C24H29N3O6S2/c1-16-17(2)22(6-5-21(16)34(25,28)29)35(30,31)27-14-19(23-20(27)4-3-11-26-23)18-7-9-24(10-8-18)15-32-12-13-33-24/h3-6,11,14,18H,7-10,12-13,15H2,1-2H3,(H2,25,28,29). The predicted octanol–water partition coefficient (Wildman–Crippen LogP) is 2.98. The molecule has 1 aliphatic heterocycles. The van der Waals surface area contributed by atoms with E-state index in [0.717, 1.165) is 31.2 Å². The average Bonchev–Trinajstić information content (AvgIpc) is 3.21. The van der Waals surface area contributed by atoms with Crippen molar-refractivity contribution in [2.24, 2.45) is 5.14 Å². The Morgan fingerprint density at radius 1 is 1.03 bits per heavy atom. The molecule has 3 aromatic rings. The van der Waals surface area contributed by atoms with Crippen LogP contribution in [0.1, 0.15) is 48.3 Å². The van der Waals surface area contributed by atoms with E-state index in [1.165, 1.54) is 16.1 Å². The number of aromatic nitrogens is 2. The van der Waals surface area contributed by atoms with Crippen LogP contribution in [0.5, 0.6) is 0 Å². The molecule has 2 aliphatic rings. The van der Waals surface area contributed by atoms with E-state index in [9.17, 15) is 16.8 Å². The minimum atomic E-state index is -4.03. The fourth-order valence-corrected chi connectivity index (χ4v) is 7.86. The second-order valence-electron chi connectivity index (χ2n) is 9.47. The Bertz CT molecular complexity index is 1500. The zero-order valence-corrected chi connectivity index (χ0v) is 21.4. The Morgan fingerprint density at radius 3 is 2.37 bits per heavy atom. The molecule has 3 heterocycles. The molecule has 0 bridgehead atoms. The lowest BCUT2D eigenvalue weighted by molar-refractivity contribution is -0.172. The van der Waals surface area contributed by atoms with Crippen LogP contribution in [0.25, 0.3) is 11.0 Å². The first-order valence-corrected chi connectivity index (χ1v) is 14.6. The van der Waals surface area contributed by atoms with E-state index in [1.54, 1.807) is 38.4 Å². The monoisotopic (exact) mass is 519 g/mol. The van der Waals surface area contributed by atoms with E-state index < -0.39 is 20.0 Å². The molecule has 2 fully saturated rings. The average molecular weight is 520 g/mol. The molecule has 1 saturated carbocycles. The summed E-state index contributed by atoms with van der Waals surface area (Å²) in [6.45, 7) is 4.98. The zero-order chi connectivity index (χ0) is 25.0. The first kappa shape index (κ1) is 24.4. The number of nitrogens with zero attached hydrogens (tertiary/aromatic N) is 2. The molecule has 1 aliphatic carbocycles. The highest BCUT2D eigenvalue weighted by Gasteiger charge is 2.40. The fourth-order valence-electron chi connectivity index (χ4n) is 5.38. The van der Waals surface area contributed by atoms with Gasteiger partial charge >= 0.3 is 0 Å². The summed E-state index contributed by atoms with van der Waals surface area (Å²) < 4.78 is 64.5. The molecular weight excluding hydrogens is 490 g/mol. The maximum Gasteiger partial charge on any atom is 0.268 e. The minimum absolute atomic E-state index is 0.0325. The van der Waals surface area contributed by atoms with Crippen molar-refractivity contribution >= 4 is 31.1 Å². The fraction of sp³-hybridized carbons (Fsp3) is 0.458. The summed E-state index contributed by atoms with van der Waals surface area (Å²) in [5, 5.41) is 5.30. The summed E-state index contributed by atoms with van der Waals surface area (Å²) in [5.74, 6) is 0.146. The van der Waals surface area contributed by atoms with Crippen LogP contribution in [-0.2, 0) is 29.5 Å². The Balaban J connectivity index is 1.56. The molecule has 0 amide bonds. The number of ether oxygens (including phenoxy) is 2. The molecule has 1 saturated heterocycles. The Morgan fingerprint density at radius 2 is 1.71 bits per heavy atom. The largest absolute Gasteiger partial charge is 0.376 e. The maximum absolute atomic E-state index is 13.8.